The topological polar surface area (TPSA) is 41.1 Å². The number of aryl methyl sites for hydroxylation is 1. The van der Waals surface area contributed by atoms with Crippen molar-refractivity contribution in [2.24, 2.45) is 0 Å². The summed E-state index contributed by atoms with van der Waals surface area (Å²) in [6.07, 6.45) is 6.92. The summed E-state index contributed by atoms with van der Waals surface area (Å²) < 4.78 is 0. The number of nitrogens with one attached hydrogen (secondary N) is 2. The van der Waals surface area contributed by atoms with E-state index < -0.39 is 0 Å². The lowest BCUT2D eigenvalue weighted by atomic mass is 9.78. The average Bonchev–Trinajstić information content (AvgIpc) is 2.70. The number of carbonyl (C=O) groups is 1. The third-order valence-electron chi connectivity index (χ3n) is 5.26. The zero-order valence-corrected chi connectivity index (χ0v) is 12.5. The maximum Gasteiger partial charge on any atom is 0.251 e. The zero-order chi connectivity index (χ0) is 14.2. The number of carbonyl (C=O) groups excluding carboxylic acids is 1. The Labute approximate surface area is 121 Å². The van der Waals surface area contributed by atoms with Gasteiger partial charge in [-0.2, -0.15) is 0 Å². The van der Waals surface area contributed by atoms with Crippen molar-refractivity contribution in [2.45, 2.75) is 56.5 Å². The normalized spacial score (nSPS) is 32.1. The smallest absolute Gasteiger partial charge is 0.251 e. The Balaban J connectivity index is 1.76. The first-order chi connectivity index (χ1) is 9.56. The lowest BCUT2D eigenvalue weighted by Gasteiger charge is -2.40. The van der Waals surface area contributed by atoms with Crippen molar-refractivity contribution in [3.05, 3.63) is 35.4 Å². The minimum Gasteiger partial charge on any atom is -0.347 e. The summed E-state index contributed by atoms with van der Waals surface area (Å²) in [5.74, 6) is 0.0857. The van der Waals surface area contributed by atoms with E-state index in [1.807, 2.05) is 31.2 Å². The second kappa shape index (κ2) is 4.88. The Morgan fingerprint density at radius 2 is 1.90 bits per heavy atom. The van der Waals surface area contributed by atoms with Crippen molar-refractivity contribution in [1.82, 2.24) is 10.6 Å². The van der Waals surface area contributed by atoms with Gasteiger partial charge in [-0.25, -0.2) is 0 Å². The van der Waals surface area contributed by atoms with Crippen molar-refractivity contribution >= 4 is 5.91 Å². The number of hydrogen-bond donors (Lipinski definition) is 2. The van der Waals surface area contributed by atoms with E-state index in [0.717, 1.165) is 30.4 Å². The van der Waals surface area contributed by atoms with Crippen LogP contribution in [0, 0.1) is 6.92 Å². The van der Waals surface area contributed by atoms with E-state index in [2.05, 4.69) is 17.7 Å². The number of hydrogen-bond acceptors (Lipinski definition) is 2. The standard InChI is InChI=1S/C17H24N2O/c1-13-5-3-6-14(11-13)15(20)19-17-8-4-7-16(12-17,18-2)9-10-17/h3,5-6,11,18H,4,7-10,12H2,1-2H3,(H,19,20). The molecule has 0 saturated heterocycles. The predicted octanol–water partition coefficient (Wildman–Crippen LogP) is 2.79. The Bertz CT molecular complexity index is 527. The van der Waals surface area contributed by atoms with Gasteiger partial charge in [0.15, 0.2) is 0 Å². The van der Waals surface area contributed by atoms with Gasteiger partial charge in [0.25, 0.3) is 5.91 Å². The fraction of sp³-hybridized carbons (Fsp3) is 0.588. The maximum atomic E-state index is 12.5. The summed E-state index contributed by atoms with van der Waals surface area (Å²) in [5.41, 5.74) is 2.20. The van der Waals surface area contributed by atoms with Gasteiger partial charge >= 0.3 is 0 Å². The summed E-state index contributed by atoms with van der Waals surface area (Å²) in [6.45, 7) is 2.03. The lowest BCUT2D eigenvalue weighted by Crippen LogP contribution is -2.53. The van der Waals surface area contributed by atoms with Gasteiger partial charge in [0, 0.05) is 16.6 Å². The van der Waals surface area contributed by atoms with Crippen LogP contribution in [0.25, 0.3) is 0 Å². The number of rotatable bonds is 3. The fourth-order valence-electron chi connectivity index (χ4n) is 4.10. The van der Waals surface area contributed by atoms with Gasteiger partial charge < -0.3 is 10.6 Å². The van der Waals surface area contributed by atoms with Crippen molar-refractivity contribution in [2.75, 3.05) is 7.05 Å². The Morgan fingerprint density at radius 3 is 2.65 bits per heavy atom. The van der Waals surface area contributed by atoms with Crippen molar-refractivity contribution in [3.63, 3.8) is 0 Å². The zero-order valence-electron chi connectivity index (χ0n) is 12.5. The van der Waals surface area contributed by atoms with Crippen LogP contribution in [0.3, 0.4) is 0 Å². The highest BCUT2D eigenvalue weighted by Crippen LogP contribution is 2.47. The Morgan fingerprint density at radius 1 is 1.15 bits per heavy atom. The van der Waals surface area contributed by atoms with Crippen molar-refractivity contribution in [1.29, 1.82) is 0 Å². The van der Waals surface area contributed by atoms with E-state index in [9.17, 15) is 4.79 Å². The van der Waals surface area contributed by atoms with E-state index in [1.165, 1.54) is 19.3 Å². The molecule has 0 aromatic heterocycles. The van der Waals surface area contributed by atoms with Gasteiger partial charge in [0.05, 0.1) is 0 Å². The minimum atomic E-state index is 0.0160. The van der Waals surface area contributed by atoms with Gasteiger partial charge in [0.2, 0.25) is 0 Å². The molecule has 3 heteroatoms. The molecule has 2 N–H and O–H groups in total. The highest BCUT2D eigenvalue weighted by molar-refractivity contribution is 5.94. The Hall–Kier alpha value is -1.35. The molecule has 3 rings (SSSR count). The van der Waals surface area contributed by atoms with Gasteiger partial charge in [0.1, 0.15) is 0 Å². The van der Waals surface area contributed by atoms with E-state index in [-0.39, 0.29) is 17.0 Å². The summed E-state index contributed by atoms with van der Waals surface area (Å²) in [7, 11) is 2.06. The molecule has 0 radical (unpaired) electrons. The molecule has 108 valence electrons. The third-order valence-corrected chi connectivity index (χ3v) is 5.26. The molecule has 2 atom stereocenters. The highest BCUT2D eigenvalue weighted by atomic mass is 16.1. The summed E-state index contributed by atoms with van der Waals surface area (Å²) in [4.78, 5) is 12.5. The molecular weight excluding hydrogens is 248 g/mol. The average molecular weight is 272 g/mol. The largest absolute Gasteiger partial charge is 0.347 e. The third kappa shape index (κ3) is 2.35. The SMILES string of the molecule is CNC12CCCC(NC(=O)c3cccc(C)c3)(CC1)C2. The van der Waals surface area contributed by atoms with Crippen LogP contribution < -0.4 is 10.6 Å². The quantitative estimate of drug-likeness (QED) is 0.888. The van der Waals surface area contributed by atoms with E-state index in [0.29, 0.717) is 0 Å². The van der Waals surface area contributed by atoms with E-state index in [1.54, 1.807) is 0 Å². The molecule has 2 bridgehead atoms. The van der Waals surface area contributed by atoms with Crippen LogP contribution >= 0.6 is 0 Å². The van der Waals surface area contributed by atoms with Crippen LogP contribution in [-0.4, -0.2) is 24.0 Å². The van der Waals surface area contributed by atoms with E-state index >= 15 is 0 Å². The summed E-state index contributed by atoms with van der Waals surface area (Å²) >= 11 is 0. The molecule has 0 heterocycles. The monoisotopic (exact) mass is 272 g/mol. The van der Waals surface area contributed by atoms with Gasteiger partial charge in [-0.3, -0.25) is 4.79 Å². The van der Waals surface area contributed by atoms with Gasteiger partial charge in [-0.05, 0) is 64.6 Å². The van der Waals surface area contributed by atoms with Gasteiger partial charge in [-0.1, -0.05) is 17.7 Å². The first kappa shape index (κ1) is 13.6. The molecule has 0 spiro atoms. The van der Waals surface area contributed by atoms with Crippen LogP contribution in [0.4, 0.5) is 0 Å². The van der Waals surface area contributed by atoms with E-state index in [4.69, 9.17) is 0 Å². The lowest BCUT2D eigenvalue weighted by molar-refractivity contribution is 0.0871. The first-order valence-electron chi connectivity index (χ1n) is 7.65. The summed E-state index contributed by atoms with van der Waals surface area (Å²) in [6, 6.07) is 7.85. The predicted molar refractivity (Wildman–Crippen MR) is 80.9 cm³/mol. The molecule has 1 aromatic carbocycles. The molecule has 1 amide bonds. The van der Waals surface area contributed by atoms with Crippen molar-refractivity contribution in [3.8, 4) is 0 Å². The number of fused-ring (bicyclic) bond motifs is 2. The highest BCUT2D eigenvalue weighted by Gasteiger charge is 2.50. The van der Waals surface area contributed by atoms with Crippen LogP contribution in [0.1, 0.15) is 54.4 Å². The minimum absolute atomic E-state index is 0.0160. The second-order valence-corrected chi connectivity index (χ2v) is 6.66. The molecule has 2 fully saturated rings. The number of benzene rings is 1. The molecule has 2 aliphatic carbocycles. The fourth-order valence-corrected chi connectivity index (χ4v) is 4.10. The maximum absolute atomic E-state index is 12.5. The molecule has 2 aliphatic rings. The van der Waals surface area contributed by atoms with Crippen LogP contribution in [0.5, 0.6) is 0 Å². The van der Waals surface area contributed by atoms with Crippen LogP contribution in [0.15, 0.2) is 24.3 Å². The molecule has 0 aliphatic heterocycles. The molecule has 1 aromatic rings. The van der Waals surface area contributed by atoms with Crippen LogP contribution in [-0.2, 0) is 0 Å². The van der Waals surface area contributed by atoms with Gasteiger partial charge in [-0.15, -0.1) is 0 Å². The Kier molecular flexibility index (Phi) is 3.33. The number of amides is 1. The molecule has 20 heavy (non-hydrogen) atoms. The first-order valence-corrected chi connectivity index (χ1v) is 7.65. The molecule has 2 unspecified atom stereocenters. The molecule has 3 nitrogen and oxygen atoms in total. The summed E-state index contributed by atoms with van der Waals surface area (Å²) in [5, 5.41) is 6.85. The molecule has 2 saturated carbocycles. The second-order valence-electron chi connectivity index (χ2n) is 6.66. The van der Waals surface area contributed by atoms with Crippen LogP contribution in [0.2, 0.25) is 0 Å². The van der Waals surface area contributed by atoms with Crippen molar-refractivity contribution < 1.29 is 4.79 Å². The molecular formula is C17H24N2O.